The number of anilines is 1. The molecule has 0 N–H and O–H groups in total. The van der Waals surface area contributed by atoms with Crippen LogP contribution in [0.25, 0.3) is 0 Å². The zero-order valence-electron chi connectivity index (χ0n) is 34.0. The zero-order chi connectivity index (χ0) is 40.4. The Hall–Kier alpha value is -5.00. The average molecular weight is 771 g/mol. The molecular formula is C44H62N6O6. The van der Waals surface area contributed by atoms with Crippen LogP contribution >= 0.6 is 0 Å². The Labute approximate surface area is 333 Å². The molecule has 0 aromatic heterocycles. The van der Waals surface area contributed by atoms with Gasteiger partial charge < -0.3 is 14.4 Å². The zero-order valence-corrected chi connectivity index (χ0v) is 34.0. The van der Waals surface area contributed by atoms with E-state index in [4.69, 9.17) is 9.47 Å². The van der Waals surface area contributed by atoms with E-state index in [1.807, 2.05) is 38.1 Å². The van der Waals surface area contributed by atoms with E-state index in [1.54, 1.807) is 12.1 Å². The molecule has 0 radical (unpaired) electrons. The summed E-state index contributed by atoms with van der Waals surface area (Å²) < 4.78 is 10.8. The largest absolute Gasteiger partial charge is 0.494 e. The van der Waals surface area contributed by atoms with Gasteiger partial charge in [0, 0.05) is 36.9 Å². The first-order valence-electron chi connectivity index (χ1n) is 20.6. The Morgan fingerprint density at radius 1 is 0.679 bits per heavy atom. The van der Waals surface area contributed by atoms with Crippen LogP contribution < -0.4 is 9.64 Å². The molecule has 0 bridgehead atoms. The molecule has 3 aromatic carbocycles. The summed E-state index contributed by atoms with van der Waals surface area (Å²) in [5, 5.41) is 28.2. The monoisotopic (exact) mass is 770 g/mol. The van der Waals surface area contributed by atoms with Crippen LogP contribution in [0.4, 0.5) is 34.1 Å². The van der Waals surface area contributed by atoms with Gasteiger partial charge in [0.05, 0.1) is 35.6 Å². The molecular weight excluding hydrogens is 709 g/mol. The second-order valence-corrected chi connectivity index (χ2v) is 14.2. The molecule has 0 atom stereocenters. The number of methoxy groups -OCH3 is 1. The number of aryl methyl sites for hydroxylation is 1. The van der Waals surface area contributed by atoms with Gasteiger partial charge in [-0.15, -0.1) is 5.11 Å². The number of rotatable bonds is 29. The number of azo groups is 2. The topological polar surface area (TPSA) is 148 Å². The molecule has 0 aliphatic rings. The van der Waals surface area contributed by atoms with Crippen LogP contribution in [0.5, 0.6) is 5.75 Å². The van der Waals surface area contributed by atoms with Gasteiger partial charge in [0.2, 0.25) is 5.78 Å². The summed E-state index contributed by atoms with van der Waals surface area (Å²) in [6.07, 6.45) is 20.5. The van der Waals surface area contributed by atoms with Gasteiger partial charge in [-0.05, 0) is 68.3 Å². The molecule has 3 rings (SSSR count). The molecule has 0 saturated heterocycles. The van der Waals surface area contributed by atoms with E-state index in [2.05, 4.69) is 32.3 Å². The maximum atomic E-state index is 12.4. The van der Waals surface area contributed by atoms with E-state index in [1.165, 1.54) is 115 Å². The molecule has 12 nitrogen and oxygen atoms in total. The number of ketones is 1. The smallest absolute Gasteiger partial charge is 0.374 e. The lowest BCUT2D eigenvalue weighted by molar-refractivity contribution is -0.384. The lowest BCUT2D eigenvalue weighted by Gasteiger charge is -2.22. The van der Waals surface area contributed by atoms with E-state index in [0.29, 0.717) is 41.6 Å². The first-order valence-corrected chi connectivity index (χ1v) is 20.6. The fourth-order valence-corrected chi connectivity index (χ4v) is 6.34. The van der Waals surface area contributed by atoms with Crippen LogP contribution in [0.15, 0.2) is 81.1 Å². The third-order valence-corrected chi connectivity index (χ3v) is 9.78. The van der Waals surface area contributed by atoms with Crippen molar-refractivity contribution in [2.45, 2.75) is 130 Å². The second-order valence-electron chi connectivity index (χ2n) is 14.2. The molecule has 0 aliphatic heterocycles. The molecule has 0 spiro atoms. The minimum absolute atomic E-state index is 0.0215. The Kier molecular flexibility index (Phi) is 21.7. The number of nitrogens with zero attached hydrogens (tertiary/aromatic N) is 6. The summed E-state index contributed by atoms with van der Waals surface area (Å²) in [7, 11) is 1.52. The van der Waals surface area contributed by atoms with Gasteiger partial charge in [0.25, 0.3) is 5.69 Å². The molecule has 56 heavy (non-hydrogen) atoms. The number of benzene rings is 3. The third kappa shape index (κ3) is 17.2. The highest BCUT2D eigenvalue weighted by Crippen LogP contribution is 2.36. The maximum Gasteiger partial charge on any atom is 0.374 e. The summed E-state index contributed by atoms with van der Waals surface area (Å²) in [5.41, 5.74) is 3.92. The lowest BCUT2D eigenvalue weighted by Crippen LogP contribution is -2.29. The number of hydrogen-bond donors (Lipinski definition) is 0. The molecule has 0 unspecified atom stereocenters. The first kappa shape index (κ1) is 45.4. The number of hydrogen-bond acceptors (Lipinski definition) is 11. The fraction of sp³-hybridized carbons (Fsp3) is 0.545. The van der Waals surface area contributed by atoms with Gasteiger partial charge in [-0.3, -0.25) is 14.9 Å². The number of ether oxygens (including phenoxy) is 2. The van der Waals surface area contributed by atoms with Crippen LogP contribution in [0.3, 0.4) is 0 Å². The number of unbranched alkanes of at least 4 members (excludes halogenated alkanes) is 15. The number of nitro groups is 1. The summed E-state index contributed by atoms with van der Waals surface area (Å²) in [4.78, 5) is 37.2. The summed E-state index contributed by atoms with van der Waals surface area (Å²) in [6, 6.07) is 16.9. The Morgan fingerprint density at radius 2 is 1.18 bits per heavy atom. The highest BCUT2D eigenvalue weighted by Gasteiger charge is 2.16. The van der Waals surface area contributed by atoms with Crippen molar-refractivity contribution in [1.82, 2.24) is 0 Å². The quantitative estimate of drug-likeness (QED) is 0.0170. The van der Waals surface area contributed by atoms with Crippen molar-refractivity contribution in [3.63, 3.8) is 0 Å². The number of carbonyl (C=O) groups excluding carboxylic acids is 2. The molecule has 0 amide bonds. The molecule has 0 saturated carbocycles. The minimum atomic E-state index is -0.745. The fourth-order valence-electron chi connectivity index (χ4n) is 6.34. The number of nitro benzene ring substituents is 1. The summed E-state index contributed by atoms with van der Waals surface area (Å²) in [5.74, 6) is -0.737. The number of carbonyl (C=O) groups is 2. The van der Waals surface area contributed by atoms with Gasteiger partial charge >= 0.3 is 5.97 Å². The van der Waals surface area contributed by atoms with Gasteiger partial charge in [-0.25, -0.2) is 4.79 Å². The van der Waals surface area contributed by atoms with Crippen LogP contribution in [0, 0.1) is 17.0 Å². The molecule has 0 aliphatic carbocycles. The Balaban J connectivity index is 1.33. The number of esters is 1. The van der Waals surface area contributed by atoms with Crippen molar-refractivity contribution in [1.29, 1.82) is 0 Å². The van der Waals surface area contributed by atoms with Crippen LogP contribution in [0.1, 0.15) is 129 Å². The van der Waals surface area contributed by atoms with E-state index in [0.717, 1.165) is 30.5 Å². The van der Waals surface area contributed by atoms with Crippen molar-refractivity contribution < 1.29 is 24.0 Å². The second kappa shape index (κ2) is 26.7. The normalized spacial score (nSPS) is 11.4. The molecule has 0 fully saturated rings. The van der Waals surface area contributed by atoms with Crippen molar-refractivity contribution in [3.05, 3.63) is 76.3 Å². The Morgan fingerprint density at radius 3 is 1.68 bits per heavy atom. The van der Waals surface area contributed by atoms with E-state index in [-0.39, 0.29) is 18.7 Å². The van der Waals surface area contributed by atoms with Crippen LogP contribution in [0.2, 0.25) is 0 Å². The van der Waals surface area contributed by atoms with Crippen LogP contribution in [-0.4, -0.2) is 43.5 Å². The Bertz CT molecular complexity index is 1680. The highest BCUT2D eigenvalue weighted by atomic mass is 16.6. The van der Waals surface area contributed by atoms with Gasteiger partial charge in [0.15, 0.2) is 0 Å². The number of non-ortho nitro benzene ring substituents is 1. The molecule has 304 valence electrons. The van der Waals surface area contributed by atoms with Crippen molar-refractivity contribution >= 4 is 45.9 Å². The minimum Gasteiger partial charge on any atom is -0.494 e. The highest BCUT2D eigenvalue weighted by molar-refractivity contribution is 6.33. The summed E-state index contributed by atoms with van der Waals surface area (Å²) in [6.45, 7) is 7.44. The molecule has 3 aromatic rings. The number of likely N-dealkylation sites (N-methyl/N-ethyl adjacent to an activating group) is 1. The van der Waals surface area contributed by atoms with Gasteiger partial charge in [-0.2, -0.15) is 15.3 Å². The summed E-state index contributed by atoms with van der Waals surface area (Å²) >= 11 is 0. The van der Waals surface area contributed by atoms with Crippen LogP contribution in [-0.2, 0) is 14.3 Å². The SMILES string of the molecule is CCCCCCCCCCCCCCCCCCC(=O)C(=O)OCCN(CC)c1ccc(N=Nc2cc(OC)c(N=Nc3ccc([N+](=O)[O-])cc3)cc2C)cc1. The predicted octanol–water partition coefficient (Wildman–Crippen LogP) is 13.3. The molecule has 12 heteroatoms. The standard InChI is InChI=1S/C44H62N6O6/c1-5-7-8-9-10-11-12-13-14-15-16-17-18-19-20-21-22-42(51)44(52)56-32-31-49(6-2)38-27-23-36(24-28-38)45-47-40-34-43(55-4)41(33-35(40)3)48-46-37-25-29-39(30-26-37)50(53)54/h23-30,33-34H,5-22,31-32H2,1-4H3. The van der Waals surface area contributed by atoms with E-state index in [9.17, 15) is 19.7 Å². The lowest BCUT2D eigenvalue weighted by atomic mass is 10.0. The maximum absolute atomic E-state index is 12.4. The first-order chi connectivity index (χ1) is 27.2. The number of Topliss-reactive ketones (excluding diaryl/α,β-unsaturated/α-hetero) is 1. The molecule has 0 heterocycles. The van der Waals surface area contributed by atoms with Crippen molar-refractivity contribution in [2.75, 3.05) is 31.7 Å². The third-order valence-electron chi connectivity index (χ3n) is 9.78. The van der Waals surface area contributed by atoms with Crippen molar-refractivity contribution in [2.24, 2.45) is 20.5 Å². The predicted molar refractivity (Wildman–Crippen MR) is 224 cm³/mol. The van der Waals surface area contributed by atoms with E-state index < -0.39 is 16.7 Å². The van der Waals surface area contributed by atoms with E-state index >= 15 is 0 Å². The average Bonchev–Trinajstić information content (AvgIpc) is 3.21. The van der Waals surface area contributed by atoms with Gasteiger partial charge in [0.1, 0.15) is 18.0 Å². The van der Waals surface area contributed by atoms with Gasteiger partial charge in [-0.1, -0.05) is 103 Å². The van der Waals surface area contributed by atoms with Crippen molar-refractivity contribution in [3.8, 4) is 5.75 Å².